The van der Waals surface area contributed by atoms with E-state index in [9.17, 15) is 0 Å². The highest BCUT2D eigenvalue weighted by atomic mass is 16.3. The van der Waals surface area contributed by atoms with Crippen molar-refractivity contribution >= 4 is 0 Å². The SMILES string of the molecule is O[C-]1CCCCC1. The van der Waals surface area contributed by atoms with Gasteiger partial charge in [0.1, 0.15) is 0 Å². The first-order valence-electron chi connectivity index (χ1n) is 2.93. The molecule has 0 atom stereocenters. The highest BCUT2D eigenvalue weighted by Crippen LogP contribution is 2.21. The predicted molar refractivity (Wildman–Crippen MR) is 28.3 cm³/mol. The van der Waals surface area contributed by atoms with Crippen molar-refractivity contribution in [2.24, 2.45) is 0 Å². The Bertz CT molecular complexity index is 46.1. The second-order valence-electron chi connectivity index (χ2n) is 2.13. The second-order valence-corrected chi connectivity index (χ2v) is 2.13. The van der Waals surface area contributed by atoms with E-state index in [1.54, 1.807) is 0 Å². The maximum atomic E-state index is 8.83. The van der Waals surface area contributed by atoms with E-state index in [-0.39, 0.29) is 0 Å². The highest BCUT2D eigenvalue weighted by Gasteiger charge is 1.96. The minimum atomic E-state index is 0.714. The third-order valence-corrected chi connectivity index (χ3v) is 1.43. The molecule has 0 bridgehead atoms. The second kappa shape index (κ2) is 2.31. The van der Waals surface area contributed by atoms with E-state index in [1.807, 2.05) is 0 Å². The van der Waals surface area contributed by atoms with Crippen molar-refractivity contribution in [1.29, 1.82) is 0 Å². The lowest BCUT2D eigenvalue weighted by atomic mass is 9.98. The molecule has 0 amide bonds. The van der Waals surface area contributed by atoms with Gasteiger partial charge in [0.2, 0.25) is 0 Å². The molecule has 1 aliphatic carbocycles. The van der Waals surface area contributed by atoms with E-state index < -0.39 is 0 Å². The molecule has 0 radical (unpaired) electrons. The van der Waals surface area contributed by atoms with E-state index in [0.29, 0.717) is 6.10 Å². The van der Waals surface area contributed by atoms with Gasteiger partial charge in [-0.25, -0.2) is 6.10 Å². The van der Waals surface area contributed by atoms with Gasteiger partial charge in [0.15, 0.2) is 0 Å². The normalized spacial score (nSPS) is 25.3. The Hall–Kier alpha value is -0.0400. The lowest BCUT2D eigenvalue weighted by Crippen LogP contribution is -2.00. The number of hydrogen-bond donors (Lipinski definition) is 1. The summed E-state index contributed by atoms with van der Waals surface area (Å²) in [5.74, 6) is 0. The molecule has 0 aromatic carbocycles. The predicted octanol–water partition coefficient (Wildman–Crippen LogP) is 1.85. The fourth-order valence-electron chi connectivity index (χ4n) is 0.960. The third-order valence-electron chi connectivity index (χ3n) is 1.43. The molecule has 1 aliphatic rings. The molecular formula is C6H11O-. The lowest BCUT2D eigenvalue weighted by Gasteiger charge is -2.27. The Balaban J connectivity index is 2.12. The summed E-state index contributed by atoms with van der Waals surface area (Å²) >= 11 is 0. The molecule has 0 aromatic heterocycles. The maximum Gasteiger partial charge on any atom is -0.0580 e. The molecule has 1 nitrogen and oxygen atoms in total. The first-order valence-corrected chi connectivity index (χ1v) is 2.93. The average molecular weight is 99.2 g/mol. The molecule has 0 aromatic rings. The molecule has 1 N–H and O–H groups in total. The number of rotatable bonds is 0. The zero-order valence-electron chi connectivity index (χ0n) is 4.48. The smallest absolute Gasteiger partial charge is 0.0580 e. The van der Waals surface area contributed by atoms with Gasteiger partial charge in [-0.2, -0.15) is 12.8 Å². The van der Waals surface area contributed by atoms with Crippen LogP contribution in [0.3, 0.4) is 0 Å². The number of aliphatic hydroxyl groups excluding tert-OH is 1. The summed E-state index contributed by atoms with van der Waals surface area (Å²) in [7, 11) is 0. The van der Waals surface area contributed by atoms with Crippen LogP contribution in [-0.4, -0.2) is 5.11 Å². The Morgan fingerprint density at radius 1 is 1.00 bits per heavy atom. The third kappa shape index (κ3) is 1.48. The Morgan fingerprint density at radius 2 is 1.57 bits per heavy atom. The van der Waals surface area contributed by atoms with Crippen molar-refractivity contribution in [2.75, 3.05) is 0 Å². The lowest BCUT2D eigenvalue weighted by molar-refractivity contribution is 0.239. The molecule has 0 saturated heterocycles. The van der Waals surface area contributed by atoms with Crippen LogP contribution in [0.1, 0.15) is 32.1 Å². The molecule has 0 spiro atoms. The quantitative estimate of drug-likeness (QED) is 0.459. The minimum absolute atomic E-state index is 0.714. The van der Waals surface area contributed by atoms with Crippen molar-refractivity contribution in [1.82, 2.24) is 0 Å². The van der Waals surface area contributed by atoms with Gasteiger partial charge in [-0.1, -0.05) is 19.3 Å². The summed E-state index contributed by atoms with van der Waals surface area (Å²) in [4.78, 5) is 0. The molecule has 1 heteroatoms. The van der Waals surface area contributed by atoms with Crippen LogP contribution in [0, 0.1) is 6.10 Å². The number of hydrogen-bond acceptors (Lipinski definition) is 1. The first-order chi connectivity index (χ1) is 3.39. The van der Waals surface area contributed by atoms with Crippen LogP contribution in [0.2, 0.25) is 0 Å². The largest absolute Gasteiger partial charge is 0.563 e. The molecule has 1 rings (SSSR count). The minimum Gasteiger partial charge on any atom is -0.563 e. The Labute approximate surface area is 44.4 Å². The van der Waals surface area contributed by atoms with Gasteiger partial charge >= 0.3 is 0 Å². The van der Waals surface area contributed by atoms with Gasteiger partial charge in [-0.05, 0) is 0 Å². The van der Waals surface area contributed by atoms with Gasteiger partial charge in [0.25, 0.3) is 0 Å². The average Bonchev–Trinajstić information content (AvgIpc) is 1.69. The van der Waals surface area contributed by atoms with Gasteiger partial charge < -0.3 is 5.11 Å². The summed E-state index contributed by atoms with van der Waals surface area (Å²) in [6.07, 6.45) is 6.34. The van der Waals surface area contributed by atoms with Gasteiger partial charge in [-0.3, -0.25) is 0 Å². The van der Waals surface area contributed by atoms with Crippen LogP contribution in [0.15, 0.2) is 0 Å². The Kier molecular flexibility index (Phi) is 1.69. The zero-order chi connectivity index (χ0) is 5.11. The van der Waals surface area contributed by atoms with Gasteiger partial charge in [-0.15, -0.1) is 0 Å². The van der Waals surface area contributed by atoms with Crippen LogP contribution < -0.4 is 0 Å². The van der Waals surface area contributed by atoms with Crippen LogP contribution in [-0.2, 0) is 0 Å². The van der Waals surface area contributed by atoms with Crippen molar-refractivity contribution < 1.29 is 5.11 Å². The van der Waals surface area contributed by atoms with E-state index in [0.717, 1.165) is 12.8 Å². The molecule has 1 saturated carbocycles. The standard InChI is InChI=1S/C6H11O/c7-6-4-2-1-3-5-6/h7H,1-5H2/q-1. The van der Waals surface area contributed by atoms with Crippen molar-refractivity contribution in [3.05, 3.63) is 6.10 Å². The molecular weight excluding hydrogens is 88.1 g/mol. The fraction of sp³-hybridized carbons (Fsp3) is 0.833. The molecule has 42 valence electrons. The topological polar surface area (TPSA) is 20.2 Å². The monoisotopic (exact) mass is 99.1 g/mol. The van der Waals surface area contributed by atoms with Crippen LogP contribution >= 0.6 is 0 Å². The first kappa shape index (κ1) is 5.10. The van der Waals surface area contributed by atoms with E-state index in [4.69, 9.17) is 5.11 Å². The van der Waals surface area contributed by atoms with Crippen molar-refractivity contribution in [3.8, 4) is 0 Å². The van der Waals surface area contributed by atoms with E-state index in [1.165, 1.54) is 19.3 Å². The Morgan fingerprint density at radius 3 is 1.86 bits per heavy atom. The van der Waals surface area contributed by atoms with Crippen LogP contribution in [0.5, 0.6) is 0 Å². The van der Waals surface area contributed by atoms with Gasteiger partial charge in [0, 0.05) is 0 Å². The van der Waals surface area contributed by atoms with Crippen LogP contribution in [0.25, 0.3) is 0 Å². The van der Waals surface area contributed by atoms with Gasteiger partial charge in [0.05, 0.1) is 0 Å². The fourth-order valence-corrected chi connectivity index (χ4v) is 0.960. The molecule has 0 heterocycles. The van der Waals surface area contributed by atoms with Crippen LogP contribution in [0.4, 0.5) is 0 Å². The summed E-state index contributed by atoms with van der Waals surface area (Å²) in [5, 5.41) is 8.83. The van der Waals surface area contributed by atoms with E-state index in [2.05, 4.69) is 0 Å². The summed E-state index contributed by atoms with van der Waals surface area (Å²) in [6, 6.07) is 0. The van der Waals surface area contributed by atoms with Crippen molar-refractivity contribution in [2.45, 2.75) is 32.1 Å². The van der Waals surface area contributed by atoms with Crippen molar-refractivity contribution in [3.63, 3.8) is 0 Å². The molecule has 1 fully saturated rings. The summed E-state index contributed by atoms with van der Waals surface area (Å²) in [6.45, 7) is 0. The molecule has 7 heavy (non-hydrogen) atoms. The molecule has 0 aliphatic heterocycles. The number of aliphatic hydroxyl groups is 1. The molecule has 0 unspecified atom stereocenters. The van der Waals surface area contributed by atoms with E-state index >= 15 is 0 Å². The summed E-state index contributed by atoms with van der Waals surface area (Å²) < 4.78 is 0. The maximum absolute atomic E-state index is 8.83. The summed E-state index contributed by atoms with van der Waals surface area (Å²) in [5.41, 5.74) is 0. The zero-order valence-corrected chi connectivity index (χ0v) is 4.48. The highest BCUT2D eigenvalue weighted by molar-refractivity contribution is 4.78.